The van der Waals surface area contributed by atoms with Gasteiger partial charge in [0, 0.05) is 17.1 Å². The lowest BCUT2D eigenvalue weighted by Crippen LogP contribution is -2.20. The van der Waals surface area contributed by atoms with Crippen LogP contribution in [-0.2, 0) is 16.6 Å². The predicted molar refractivity (Wildman–Crippen MR) is 128 cm³/mol. The molecule has 2 amide bonds. The lowest BCUT2D eigenvalue weighted by atomic mass is 10.2. The van der Waals surface area contributed by atoms with Crippen LogP contribution in [0.3, 0.4) is 0 Å². The number of benzene rings is 2. The Balaban J connectivity index is 1.54. The number of aromatic nitrogens is 3. The van der Waals surface area contributed by atoms with Crippen molar-refractivity contribution in [3.8, 4) is 22.9 Å². The number of methoxy groups -OCH3 is 1. The van der Waals surface area contributed by atoms with Gasteiger partial charge in [-0.25, -0.2) is 5.43 Å². The SMILES string of the molecule is COc1cc(C=NNC(=O)CSc2nnc(-c3cccc(Br)c3)n2C)ccc1OCC(N)=O. The van der Waals surface area contributed by atoms with Crippen molar-refractivity contribution in [2.24, 2.45) is 17.9 Å². The molecule has 1 heterocycles. The van der Waals surface area contributed by atoms with Crippen LogP contribution in [0.2, 0.25) is 0 Å². The number of nitrogens with two attached hydrogens (primary N) is 1. The van der Waals surface area contributed by atoms with Crippen molar-refractivity contribution in [1.29, 1.82) is 0 Å². The summed E-state index contributed by atoms with van der Waals surface area (Å²) in [6.07, 6.45) is 1.47. The largest absolute Gasteiger partial charge is 0.493 e. The van der Waals surface area contributed by atoms with Gasteiger partial charge < -0.3 is 19.8 Å². The van der Waals surface area contributed by atoms with Crippen molar-refractivity contribution in [1.82, 2.24) is 20.2 Å². The molecule has 0 radical (unpaired) electrons. The van der Waals surface area contributed by atoms with Crippen LogP contribution in [-0.4, -0.2) is 52.3 Å². The molecule has 3 rings (SSSR count). The maximum Gasteiger partial charge on any atom is 0.255 e. The molecule has 12 heteroatoms. The fourth-order valence-corrected chi connectivity index (χ4v) is 3.80. The van der Waals surface area contributed by atoms with Crippen LogP contribution in [0.5, 0.6) is 11.5 Å². The number of rotatable bonds is 10. The summed E-state index contributed by atoms with van der Waals surface area (Å²) in [6, 6.07) is 12.7. The summed E-state index contributed by atoms with van der Waals surface area (Å²) in [4.78, 5) is 23.0. The highest BCUT2D eigenvalue weighted by molar-refractivity contribution is 9.10. The minimum atomic E-state index is -0.589. The third-order valence-corrected chi connectivity index (χ3v) is 5.72. The van der Waals surface area contributed by atoms with Gasteiger partial charge >= 0.3 is 0 Å². The van der Waals surface area contributed by atoms with E-state index >= 15 is 0 Å². The predicted octanol–water partition coefficient (Wildman–Crippen LogP) is 2.36. The Bertz CT molecular complexity index is 1180. The first-order valence-corrected chi connectivity index (χ1v) is 11.3. The Labute approximate surface area is 202 Å². The molecule has 0 unspecified atom stereocenters. The molecule has 3 aromatic rings. The van der Waals surface area contributed by atoms with E-state index < -0.39 is 5.91 Å². The van der Waals surface area contributed by atoms with E-state index in [1.807, 2.05) is 35.9 Å². The van der Waals surface area contributed by atoms with Crippen LogP contribution in [0.1, 0.15) is 5.56 Å². The van der Waals surface area contributed by atoms with Crippen LogP contribution in [0.4, 0.5) is 0 Å². The van der Waals surface area contributed by atoms with E-state index in [4.69, 9.17) is 15.2 Å². The average Bonchev–Trinajstić information content (AvgIpc) is 3.16. The maximum absolute atomic E-state index is 12.2. The number of nitrogens with zero attached hydrogens (tertiary/aromatic N) is 4. The zero-order valence-corrected chi connectivity index (χ0v) is 20.2. The smallest absolute Gasteiger partial charge is 0.255 e. The molecule has 172 valence electrons. The molecule has 3 N–H and O–H groups in total. The number of thioether (sulfide) groups is 1. The first-order valence-electron chi connectivity index (χ1n) is 9.56. The number of nitrogens with one attached hydrogen (secondary N) is 1. The number of carbonyl (C=O) groups is 2. The molecule has 0 fully saturated rings. The van der Waals surface area contributed by atoms with Gasteiger partial charge in [0.15, 0.2) is 29.1 Å². The molecule has 10 nitrogen and oxygen atoms in total. The molecule has 0 aliphatic heterocycles. The van der Waals surface area contributed by atoms with Crippen molar-refractivity contribution >= 4 is 45.7 Å². The second-order valence-electron chi connectivity index (χ2n) is 6.62. The highest BCUT2D eigenvalue weighted by Crippen LogP contribution is 2.27. The highest BCUT2D eigenvalue weighted by Gasteiger charge is 2.13. The zero-order chi connectivity index (χ0) is 23.8. The monoisotopic (exact) mass is 532 g/mol. The van der Waals surface area contributed by atoms with Gasteiger partial charge in [-0.2, -0.15) is 5.10 Å². The van der Waals surface area contributed by atoms with Crippen LogP contribution in [0.15, 0.2) is 57.2 Å². The molecular weight excluding hydrogens is 512 g/mol. The van der Waals surface area contributed by atoms with Crippen LogP contribution < -0.4 is 20.6 Å². The fraction of sp³-hybridized carbons (Fsp3) is 0.190. The summed E-state index contributed by atoms with van der Waals surface area (Å²) < 4.78 is 13.3. The number of hydrogen-bond donors (Lipinski definition) is 2. The molecule has 33 heavy (non-hydrogen) atoms. The summed E-state index contributed by atoms with van der Waals surface area (Å²) >= 11 is 4.70. The number of primary amides is 1. The Morgan fingerprint density at radius 3 is 2.79 bits per heavy atom. The molecule has 0 saturated carbocycles. The Kier molecular flexibility index (Phi) is 8.44. The molecule has 2 aromatic carbocycles. The zero-order valence-electron chi connectivity index (χ0n) is 17.8. The van der Waals surface area contributed by atoms with Crippen molar-refractivity contribution < 1.29 is 19.1 Å². The molecule has 0 saturated heterocycles. The summed E-state index contributed by atoms with van der Waals surface area (Å²) in [6.45, 7) is -0.257. The van der Waals surface area contributed by atoms with Crippen LogP contribution in [0.25, 0.3) is 11.4 Å². The van der Waals surface area contributed by atoms with Crippen LogP contribution >= 0.6 is 27.7 Å². The van der Waals surface area contributed by atoms with E-state index in [1.54, 1.807) is 18.2 Å². The Morgan fingerprint density at radius 1 is 1.24 bits per heavy atom. The third kappa shape index (κ3) is 6.80. The van der Waals surface area contributed by atoms with E-state index in [9.17, 15) is 9.59 Å². The Morgan fingerprint density at radius 2 is 2.06 bits per heavy atom. The summed E-state index contributed by atoms with van der Waals surface area (Å²) in [5, 5.41) is 13.0. The molecule has 0 bridgehead atoms. The van der Waals surface area contributed by atoms with Crippen molar-refractivity contribution in [3.63, 3.8) is 0 Å². The minimum absolute atomic E-state index is 0.116. The topological polar surface area (TPSA) is 134 Å². The van der Waals surface area contributed by atoms with Gasteiger partial charge in [-0.3, -0.25) is 9.59 Å². The Hall–Kier alpha value is -3.38. The fourth-order valence-electron chi connectivity index (χ4n) is 2.69. The highest BCUT2D eigenvalue weighted by atomic mass is 79.9. The van der Waals surface area contributed by atoms with Gasteiger partial charge in [0.25, 0.3) is 11.8 Å². The van der Waals surface area contributed by atoms with Gasteiger partial charge in [-0.1, -0.05) is 39.8 Å². The van der Waals surface area contributed by atoms with Gasteiger partial charge in [-0.15, -0.1) is 10.2 Å². The number of hydrogen-bond acceptors (Lipinski definition) is 8. The third-order valence-electron chi connectivity index (χ3n) is 4.21. The second kappa shape index (κ2) is 11.5. The molecule has 0 aliphatic carbocycles. The van der Waals surface area contributed by atoms with E-state index in [1.165, 1.54) is 25.1 Å². The number of halogens is 1. The van der Waals surface area contributed by atoms with E-state index in [2.05, 4.69) is 36.7 Å². The molecular formula is C21H21BrN6O4S. The standard InChI is InChI=1S/C21H21BrN6O4S/c1-28-20(14-4-3-5-15(22)9-14)26-27-21(28)33-12-19(30)25-24-10-13-6-7-16(17(8-13)31-2)32-11-18(23)29/h3-10H,11-12H2,1-2H3,(H2,23,29)(H,25,30). The summed E-state index contributed by atoms with van der Waals surface area (Å²) in [7, 11) is 3.32. The summed E-state index contributed by atoms with van der Waals surface area (Å²) in [5.74, 6) is 0.718. The van der Waals surface area contributed by atoms with Crippen molar-refractivity contribution in [2.75, 3.05) is 19.5 Å². The van der Waals surface area contributed by atoms with E-state index in [0.717, 1.165) is 10.0 Å². The first-order chi connectivity index (χ1) is 15.9. The van der Waals surface area contributed by atoms with Gasteiger partial charge in [0.2, 0.25) is 0 Å². The van der Waals surface area contributed by atoms with Gasteiger partial charge in [-0.05, 0) is 35.9 Å². The van der Waals surface area contributed by atoms with Gasteiger partial charge in [0.1, 0.15) is 0 Å². The number of ether oxygens (including phenoxy) is 2. The molecule has 1 aromatic heterocycles. The van der Waals surface area contributed by atoms with E-state index in [0.29, 0.717) is 28.0 Å². The number of carbonyl (C=O) groups excluding carboxylic acids is 2. The molecule has 0 aliphatic rings. The average molecular weight is 533 g/mol. The number of hydrazone groups is 1. The maximum atomic E-state index is 12.2. The molecule has 0 atom stereocenters. The lowest BCUT2D eigenvalue weighted by Gasteiger charge is -2.09. The quantitative estimate of drug-likeness (QED) is 0.232. The summed E-state index contributed by atoms with van der Waals surface area (Å²) in [5.41, 5.74) is 9.14. The molecule has 0 spiro atoms. The first kappa shape index (κ1) is 24.3. The lowest BCUT2D eigenvalue weighted by molar-refractivity contribution is -0.120. The van der Waals surface area contributed by atoms with E-state index in [-0.39, 0.29) is 18.3 Å². The minimum Gasteiger partial charge on any atom is -0.493 e. The number of amides is 2. The normalized spacial score (nSPS) is 10.9. The van der Waals surface area contributed by atoms with Gasteiger partial charge in [0.05, 0.1) is 19.1 Å². The van der Waals surface area contributed by atoms with Crippen molar-refractivity contribution in [3.05, 3.63) is 52.5 Å². The van der Waals surface area contributed by atoms with Crippen molar-refractivity contribution in [2.45, 2.75) is 5.16 Å². The second-order valence-corrected chi connectivity index (χ2v) is 8.48. The van der Waals surface area contributed by atoms with Crippen LogP contribution in [0, 0.1) is 0 Å².